The minimum Gasteiger partial charge on any atom is -0.460 e. The molecule has 1 fully saturated rings. The topological polar surface area (TPSA) is 98.8 Å². The number of cyclic esters (lactones) is 1. The Morgan fingerprint density at radius 1 is 1.14 bits per heavy atom. The average Bonchev–Trinajstić information content (AvgIpc) is 2.90. The number of benzene rings is 2. The maximum Gasteiger partial charge on any atom is 0.347 e. The lowest BCUT2D eigenvalue weighted by Gasteiger charge is -2.16. The fourth-order valence-corrected chi connectivity index (χ4v) is 5.08. The molecule has 3 rings (SSSR count). The molecule has 1 saturated heterocycles. The van der Waals surface area contributed by atoms with E-state index in [4.69, 9.17) is 9.47 Å². The molecule has 2 aromatic rings. The number of aryl methyl sites for hydroxylation is 3. The Balaban J connectivity index is 1.89. The van der Waals surface area contributed by atoms with Crippen LogP contribution in [0, 0.1) is 20.8 Å². The molecule has 29 heavy (non-hydrogen) atoms. The van der Waals surface area contributed by atoms with E-state index in [1.54, 1.807) is 45.0 Å². The molecule has 1 heterocycles. The lowest BCUT2D eigenvalue weighted by Crippen LogP contribution is -2.24. The van der Waals surface area contributed by atoms with E-state index in [0.717, 1.165) is 5.56 Å². The van der Waals surface area contributed by atoms with E-state index in [1.807, 2.05) is 6.92 Å². The molecule has 1 N–H and O–H groups in total. The van der Waals surface area contributed by atoms with E-state index in [2.05, 4.69) is 4.72 Å². The van der Waals surface area contributed by atoms with Crippen molar-refractivity contribution in [3.63, 3.8) is 0 Å². The van der Waals surface area contributed by atoms with Crippen LogP contribution in [0.1, 0.15) is 40.4 Å². The van der Waals surface area contributed by atoms with Crippen LogP contribution in [0.2, 0.25) is 0 Å². The van der Waals surface area contributed by atoms with Gasteiger partial charge < -0.3 is 9.47 Å². The number of carbonyl (C=O) groups excluding carboxylic acids is 2. The summed E-state index contributed by atoms with van der Waals surface area (Å²) < 4.78 is 38.8. The van der Waals surface area contributed by atoms with Crippen molar-refractivity contribution in [1.82, 2.24) is 0 Å². The van der Waals surface area contributed by atoms with Gasteiger partial charge in [-0.1, -0.05) is 29.8 Å². The summed E-state index contributed by atoms with van der Waals surface area (Å²) in [6.07, 6.45) is -1.06. The second kappa shape index (κ2) is 7.87. The van der Waals surface area contributed by atoms with Crippen molar-refractivity contribution in [3.8, 4) is 0 Å². The van der Waals surface area contributed by atoms with Crippen molar-refractivity contribution in [2.75, 3.05) is 4.72 Å². The zero-order valence-corrected chi connectivity index (χ0v) is 17.5. The molecule has 154 valence electrons. The Morgan fingerprint density at radius 3 is 2.34 bits per heavy atom. The van der Waals surface area contributed by atoms with Crippen molar-refractivity contribution in [1.29, 1.82) is 0 Å². The van der Waals surface area contributed by atoms with Crippen LogP contribution in [0.3, 0.4) is 0 Å². The van der Waals surface area contributed by atoms with Crippen molar-refractivity contribution >= 4 is 27.6 Å². The summed E-state index contributed by atoms with van der Waals surface area (Å²) in [5, 5.41) is 0. The number of anilines is 1. The van der Waals surface area contributed by atoms with Gasteiger partial charge in [-0.2, -0.15) is 0 Å². The van der Waals surface area contributed by atoms with Gasteiger partial charge in [0.05, 0.1) is 16.1 Å². The summed E-state index contributed by atoms with van der Waals surface area (Å²) >= 11 is 0. The van der Waals surface area contributed by atoms with Crippen LogP contribution in [0.4, 0.5) is 5.69 Å². The Hall–Kier alpha value is -2.87. The predicted octanol–water partition coefficient (Wildman–Crippen LogP) is 3.27. The third-order valence-electron chi connectivity index (χ3n) is 4.64. The maximum absolute atomic E-state index is 13.0. The van der Waals surface area contributed by atoms with Crippen LogP contribution in [0.15, 0.2) is 41.3 Å². The minimum absolute atomic E-state index is 0.0193. The van der Waals surface area contributed by atoms with E-state index in [9.17, 15) is 18.0 Å². The van der Waals surface area contributed by atoms with Crippen molar-refractivity contribution in [2.45, 2.75) is 51.2 Å². The number of sulfonamides is 1. The van der Waals surface area contributed by atoms with E-state index in [-0.39, 0.29) is 28.7 Å². The van der Waals surface area contributed by atoms with Gasteiger partial charge in [-0.15, -0.1) is 0 Å². The molecular formula is C21H23NO6S. The van der Waals surface area contributed by atoms with Gasteiger partial charge in [-0.05, 0) is 51.0 Å². The number of ether oxygens (including phenoxy) is 2. The second-order valence-corrected chi connectivity index (χ2v) is 8.88. The highest BCUT2D eigenvalue weighted by atomic mass is 32.2. The molecule has 0 aromatic heterocycles. The molecule has 7 nitrogen and oxygen atoms in total. The van der Waals surface area contributed by atoms with Gasteiger partial charge in [-0.3, -0.25) is 4.72 Å². The first kappa shape index (κ1) is 20.9. The number of nitrogens with one attached hydrogen (secondary N) is 1. The fourth-order valence-electron chi connectivity index (χ4n) is 3.55. The number of hydrogen-bond donors (Lipinski definition) is 1. The summed E-state index contributed by atoms with van der Waals surface area (Å²) in [5.41, 5.74) is 2.28. The summed E-state index contributed by atoms with van der Waals surface area (Å²) in [4.78, 5) is 24.5. The quantitative estimate of drug-likeness (QED) is 0.750. The first-order valence-electron chi connectivity index (χ1n) is 9.19. The van der Waals surface area contributed by atoms with Crippen LogP contribution < -0.4 is 4.72 Å². The van der Waals surface area contributed by atoms with E-state index in [1.165, 1.54) is 12.1 Å². The maximum atomic E-state index is 13.0. The van der Waals surface area contributed by atoms with Crippen molar-refractivity contribution in [2.24, 2.45) is 0 Å². The number of para-hydroxylation sites is 1. The summed E-state index contributed by atoms with van der Waals surface area (Å²) in [6.45, 7) is 7.05. The van der Waals surface area contributed by atoms with Crippen LogP contribution in [0.25, 0.3) is 0 Å². The number of rotatable bonds is 5. The molecular weight excluding hydrogens is 394 g/mol. The van der Waals surface area contributed by atoms with E-state index >= 15 is 0 Å². The third-order valence-corrected chi connectivity index (χ3v) is 6.31. The monoisotopic (exact) mass is 417 g/mol. The average molecular weight is 417 g/mol. The molecule has 2 atom stereocenters. The molecule has 2 aromatic carbocycles. The molecule has 0 amide bonds. The number of esters is 2. The Labute approximate surface area is 170 Å². The fraction of sp³-hybridized carbons (Fsp3) is 0.333. The van der Waals surface area contributed by atoms with Gasteiger partial charge in [-0.25, -0.2) is 18.0 Å². The van der Waals surface area contributed by atoms with Gasteiger partial charge in [0, 0.05) is 6.42 Å². The second-order valence-electron chi connectivity index (χ2n) is 7.26. The highest BCUT2D eigenvalue weighted by Crippen LogP contribution is 2.27. The SMILES string of the molecule is Cc1cc(C)c(S(=O)(=O)Nc2ccccc2C(=O)O[C@@H]2C[C@@H](C)OC2=O)c(C)c1. The van der Waals surface area contributed by atoms with E-state index in [0.29, 0.717) is 11.1 Å². The Kier molecular flexibility index (Phi) is 5.66. The molecule has 0 spiro atoms. The minimum atomic E-state index is -3.94. The Morgan fingerprint density at radius 2 is 1.76 bits per heavy atom. The van der Waals surface area contributed by atoms with Gasteiger partial charge >= 0.3 is 11.9 Å². The smallest absolute Gasteiger partial charge is 0.347 e. The standard InChI is InChI=1S/C21H23NO6S/c1-12-9-13(2)19(14(3)10-12)29(25,26)22-17-8-6-5-7-16(17)20(23)28-18-11-15(4)27-21(18)24/h5-10,15,18,22H,11H2,1-4H3/t15-,18-/m1/s1. The van der Waals surface area contributed by atoms with E-state index < -0.39 is 28.1 Å². The molecule has 0 saturated carbocycles. The third kappa shape index (κ3) is 4.42. The summed E-state index contributed by atoms with van der Waals surface area (Å²) in [7, 11) is -3.94. The highest BCUT2D eigenvalue weighted by Gasteiger charge is 2.35. The van der Waals surface area contributed by atoms with Gasteiger partial charge in [0.15, 0.2) is 0 Å². The normalized spacial score (nSPS) is 19.0. The lowest BCUT2D eigenvalue weighted by atomic mass is 10.1. The molecule has 0 unspecified atom stereocenters. The first-order valence-corrected chi connectivity index (χ1v) is 10.7. The summed E-state index contributed by atoms with van der Waals surface area (Å²) in [6, 6.07) is 9.69. The highest BCUT2D eigenvalue weighted by molar-refractivity contribution is 7.92. The molecule has 0 aliphatic carbocycles. The van der Waals surface area contributed by atoms with Crippen LogP contribution >= 0.6 is 0 Å². The largest absolute Gasteiger partial charge is 0.460 e. The van der Waals surface area contributed by atoms with Crippen LogP contribution in [-0.4, -0.2) is 32.6 Å². The molecule has 0 radical (unpaired) electrons. The van der Waals surface area contributed by atoms with Crippen molar-refractivity contribution in [3.05, 3.63) is 58.7 Å². The van der Waals surface area contributed by atoms with Gasteiger partial charge in [0.25, 0.3) is 10.0 Å². The molecule has 1 aliphatic heterocycles. The van der Waals surface area contributed by atoms with Gasteiger partial charge in [0.2, 0.25) is 6.10 Å². The van der Waals surface area contributed by atoms with Crippen LogP contribution in [-0.2, 0) is 24.3 Å². The lowest BCUT2D eigenvalue weighted by molar-refractivity contribution is -0.147. The molecule has 8 heteroatoms. The number of hydrogen-bond acceptors (Lipinski definition) is 6. The zero-order valence-electron chi connectivity index (χ0n) is 16.7. The van der Waals surface area contributed by atoms with Crippen LogP contribution in [0.5, 0.6) is 0 Å². The predicted molar refractivity (Wildman–Crippen MR) is 107 cm³/mol. The number of carbonyl (C=O) groups is 2. The van der Waals surface area contributed by atoms with Crippen molar-refractivity contribution < 1.29 is 27.5 Å². The first-order chi connectivity index (χ1) is 13.6. The zero-order chi connectivity index (χ0) is 21.3. The Bertz CT molecular complexity index is 1050. The molecule has 0 bridgehead atoms. The van der Waals surface area contributed by atoms with Gasteiger partial charge in [0.1, 0.15) is 6.10 Å². The summed E-state index contributed by atoms with van der Waals surface area (Å²) in [5.74, 6) is -1.40. The molecule has 1 aliphatic rings.